The molecule has 1 aromatic rings. The minimum atomic E-state index is -5.08. The summed E-state index contributed by atoms with van der Waals surface area (Å²) in [6.07, 6.45) is -7.45. The monoisotopic (exact) mass is 459 g/mol. The molecule has 2 N–H and O–H groups in total. The highest BCUT2D eigenvalue weighted by molar-refractivity contribution is 7.09. The van der Waals surface area contributed by atoms with Gasteiger partial charge in [0.15, 0.2) is 0 Å². The number of carbonyl (C=O) groups is 2. The second-order valence-corrected chi connectivity index (χ2v) is 8.25. The van der Waals surface area contributed by atoms with Crippen molar-refractivity contribution in [3.8, 4) is 0 Å². The number of halogens is 5. The fraction of sp³-hybridized carbons (Fsp3) is 0.706. The summed E-state index contributed by atoms with van der Waals surface area (Å²) in [4.78, 5) is 27.0. The van der Waals surface area contributed by atoms with Gasteiger partial charge in [-0.2, -0.15) is 22.0 Å². The van der Waals surface area contributed by atoms with Gasteiger partial charge in [-0.1, -0.05) is 13.8 Å². The van der Waals surface area contributed by atoms with Crippen LogP contribution in [0.2, 0.25) is 0 Å². The highest BCUT2D eigenvalue weighted by atomic mass is 32.1. The fourth-order valence-electron chi connectivity index (χ4n) is 3.11. The van der Waals surface area contributed by atoms with E-state index in [4.69, 9.17) is 14.6 Å². The van der Waals surface area contributed by atoms with Crippen LogP contribution in [-0.2, 0) is 9.53 Å². The van der Waals surface area contributed by atoms with Gasteiger partial charge < -0.3 is 20.1 Å². The lowest BCUT2D eigenvalue weighted by molar-refractivity contribution is -0.329. The molecule has 13 heteroatoms. The average molecular weight is 459 g/mol. The molecule has 2 fully saturated rings. The van der Waals surface area contributed by atoms with Crippen LogP contribution in [0.25, 0.3) is 0 Å². The lowest BCUT2D eigenvalue weighted by atomic mass is 9.90. The van der Waals surface area contributed by atoms with E-state index >= 15 is 0 Å². The van der Waals surface area contributed by atoms with Gasteiger partial charge >= 0.3 is 18.3 Å². The van der Waals surface area contributed by atoms with E-state index in [1.54, 1.807) is 5.38 Å². The molecule has 170 valence electrons. The van der Waals surface area contributed by atoms with Gasteiger partial charge in [0.05, 0.1) is 17.2 Å². The fourth-order valence-corrected chi connectivity index (χ4v) is 3.92. The number of nitrogens with zero attached hydrogens (tertiary/aromatic N) is 2. The van der Waals surface area contributed by atoms with Crippen LogP contribution in [-0.4, -0.2) is 70.9 Å². The van der Waals surface area contributed by atoms with Gasteiger partial charge in [0, 0.05) is 11.3 Å². The molecule has 0 atom stereocenters. The van der Waals surface area contributed by atoms with Crippen molar-refractivity contribution in [2.24, 2.45) is 0 Å². The number of ether oxygens (including phenoxy) is 1. The smallest absolute Gasteiger partial charge is 0.475 e. The van der Waals surface area contributed by atoms with Crippen molar-refractivity contribution in [3.63, 3.8) is 0 Å². The van der Waals surface area contributed by atoms with Crippen LogP contribution < -0.4 is 5.32 Å². The number of amides is 1. The molecule has 0 aliphatic carbocycles. The van der Waals surface area contributed by atoms with E-state index in [2.05, 4.69) is 10.3 Å². The maximum Gasteiger partial charge on any atom is 0.490 e. The molecule has 0 radical (unpaired) electrons. The molecular weight excluding hydrogens is 437 g/mol. The molecule has 0 bridgehead atoms. The Morgan fingerprint density at radius 3 is 2.30 bits per heavy atom. The Kier molecular flexibility index (Phi) is 7.41. The maximum atomic E-state index is 14.0. The van der Waals surface area contributed by atoms with Crippen LogP contribution in [0.3, 0.4) is 0 Å². The predicted octanol–water partition coefficient (Wildman–Crippen LogP) is 3.09. The van der Waals surface area contributed by atoms with E-state index in [1.807, 2.05) is 13.8 Å². The molecule has 2 saturated heterocycles. The van der Waals surface area contributed by atoms with Crippen LogP contribution >= 0.6 is 11.3 Å². The summed E-state index contributed by atoms with van der Waals surface area (Å²) >= 11 is 1.39. The predicted molar refractivity (Wildman–Crippen MR) is 96.7 cm³/mol. The van der Waals surface area contributed by atoms with Crippen LogP contribution in [0.15, 0.2) is 5.38 Å². The minimum absolute atomic E-state index is 0.192. The molecule has 0 saturated carbocycles. The van der Waals surface area contributed by atoms with Gasteiger partial charge in [-0.3, -0.25) is 4.79 Å². The largest absolute Gasteiger partial charge is 0.490 e. The van der Waals surface area contributed by atoms with Gasteiger partial charge in [0.2, 0.25) is 0 Å². The molecule has 0 aromatic carbocycles. The summed E-state index contributed by atoms with van der Waals surface area (Å²) in [7, 11) is 0. The lowest BCUT2D eigenvalue weighted by Gasteiger charge is -2.47. The zero-order valence-electron chi connectivity index (χ0n) is 16.3. The highest BCUT2D eigenvalue weighted by Crippen LogP contribution is 2.37. The standard InChI is InChI=1S/C15H21F2N3O2S.C2HF3O2/c1-10(2)12-19-11(7-23-12)13(21)20-8-14(3-5-18-6-4-14)22-15(16,17)9-20;3-2(4,5)1(6)7/h7,10,18H,3-6,8-9H2,1-2H3;(H,6,7). The normalized spacial score (nSPS) is 20.6. The third-order valence-corrected chi connectivity index (χ3v) is 5.64. The SMILES string of the molecule is CC(C)c1nc(C(=O)N2CC(F)(F)OC3(CCNCC3)C2)cs1.O=C(O)C(F)(F)F. The lowest BCUT2D eigenvalue weighted by Crippen LogP contribution is -2.62. The van der Waals surface area contributed by atoms with Crippen molar-refractivity contribution >= 4 is 23.2 Å². The van der Waals surface area contributed by atoms with Gasteiger partial charge in [0.1, 0.15) is 12.2 Å². The second-order valence-electron chi connectivity index (χ2n) is 7.36. The van der Waals surface area contributed by atoms with Crippen molar-refractivity contribution in [2.45, 2.75) is 50.5 Å². The van der Waals surface area contributed by atoms with Gasteiger partial charge in [0.25, 0.3) is 5.91 Å². The summed E-state index contributed by atoms with van der Waals surface area (Å²) in [6, 6.07) is 0. The van der Waals surface area contributed by atoms with E-state index in [0.29, 0.717) is 25.9 Å². The number of thiazole rings is 1. The first-order valence-electron chi connectivity index (χ1n) is 9.08. The molecule has 3 rings (SSSR count). The molecule has 7 nitrogen and oxygen atoms in total. The molecule has 3 heterocycles. The van der Waals surface area contributed by atoms with Crippen molar-refractivity contribution in [3.05, 3.63) is 16.1 Å². The van der Waals surface area contributed by atoms with Crippen molar-refractivity contribution in [2.75, 3.05) is 26.2 Å². The van der Waals surface area contributed by atoms with Crippen LogP contribution in [0.5, 0.6) is 0 Å². The molecule has 2 aliphatic heterocycles. The van der Waals surface area contributed by atoms with Crippen molar-refractivity contribution < 1.29 is 41.4 Å². The van der Waals surface area contributed by atoms with Gasteiger partial charge in [-0.05, 0) is 25.9 Å². The Balaban J connectivity index is 0.000000396. The third-order valence-electron chi connectivity index (χ3n) is 4.50. The molecule has 0 unspecified atom stereocenters. The second kappa shape index (κ2) is 9.10. The summed E-state index contributed by atoms with van der Waals surface area (Å²) < 4.78 is 64.9. The number of piperidine rings is 1. The number of carboxylic acids is 1. The third kappa shape index (κ3) is 6.32. The number of aromatic nitrogens is 1. The number of alkyl halides is 5. The first kappa shape index (κ1) is 24.4. The first-order chi connectivity index (χ1) is 13.7. The van der Waals surface area contributed by atoms with Crippen LogP contribution in [0.1, 0.15) is 48.1 Å². The zero-order chi connectivity index (χ0) is 22.7. The highest BCUT2D eigenvalue weighted by Gasteiger charge is 2.51. The number of hydrogen-bond acceptors (Lipinski definition) is 6. The van der Waals surface area contributed by atoms with Crippen LogP contribution in [0.4, 0.5) is 22.0 Å². The van der Waals surface area contributed by atoms with E-state index in [-0.39, 0.29) is 18.2 Å². The number of nitrogens with one attached hydrogen (secondary N) is 1. The quantitative estimate of drug-likeness (QED) is 0.661. The first-order valence-corrected chi connectivity index (χ1v) is 9.96. The summed E-state index contributed by atoms with van der Waals surface area (Å²) in [5, 5.41) is 12.8. The van der Waals surface area contributed by atoms with Crippen molar-refractivity contribution in [1.82, 2.24) is 15.2 Å². The maximum absolute atomic E-state index is 14.0. The Labute approximate surface area is 173 Å². The summed E-state index contributed by atoms with van der Waals surface area (Å²) in [5.41, 5.74) is -0.708. The molecule has 1 amide bonds. The molecule has 1 spiro atoms. The van der Waals surface area contributed by atoms with E-state index in [1.165, 1.54) is 16.2 Å². The number of morpholine rings is 1. The van der Waals surface area contributed by atoms with Crippen molar-refractivity contribution in [1.29, 1.82) is 0 Å². The molecule has 1 aromatic heterocycles. The number of aliphatic carboxylic acids is 1. The Morgan fingerprint density at radius 2 is 1.83 bits per heavy atom. The number of carbonyl (C=O) groups excluding carboxylic acids is 1. The van der Waals surface area contributed by atoms with Gasteiger partial charge in [-0.25, -0.2) is 9.78 Å². The zero-order valence-corrected chi connectivity index (χ0v) is 17.1. The number of rotatable bonds is 2. The number of hydrogen-bond donors (Lipinski definition) is 2. The average Bonchev–Trinajstić information content (AvgIpc) is 3.10. The topological polar surface area (TPSA) is 91.8 Å². The minimum Gasteiger partial charge on any atom is -0.475 e. The summed E-state index contributed by atoms with van der Waals surface area (Å²) in [6.45, 7) is 4.69. The summed E-state index contributed by atoms with van der Waals surface area (Å²) in [5.74, 6) is -2.98. The van der Waals surface area contributed by atoms with E-state index in [9.17, 15) is 26.7 Å². The van der Waals surface area contributed by atoms with Gasteiger partial charge in [-0.15, -0.1) is 11.3 Å². The number of carboxylic acid groups (broad SMARTS) is 1. The van der Waals surface area contributed by atoms with E-state index < -0.39 is 36.3 Å². The molecular formula is C17H22F5N3O4S. The Morgan fingerprint density at radius 1 is 1.27 bits per heavy atom. The van der Waals surface area contributed by atoms with Crippen LogP contribution in [0, 0.1) is 0 Å². The Hall–Kier alpha value is -1.86. The Bertz CT molecular complexity index is 763. The van der Waals surface area contributed by atoms with E-state index in [0.717, 1.165) is 5.01 Å². The molecule has 2 aliphatic rings. The molecule has 30 heavy (non-hydrogen) atoms.